The molecule has 1 aromatic carbocycles. The first-order valence-corrected chi connectivity index (χ1v) is 11.2. The van der Waals surface area contributed by atoms with Gasteiger partial charge in [-0.05, 0) is 43.5 Å². The lowest BCUT2D eigenvalue weighted by Crippen LogP contribution is -2.31. The standard InChI is InChI=1S/C21H21ClN6S/c22-16-9-10-19-23-17(14-27(19)13-16)15-29-21-25-24-20(26-11-5-2-6-12-26)28(21)18-7-3-1-4-8-18/h1,3-4,7-10,13-14H,2,5-6,11-12,15H2. The van der Waals surface area contributed by atoms with Gasteiger partial charge >= 0.3 is 0 Å². The van der Waals surface area contributed by atoms with Crippen molar-refractivity contribution in [2.75, 3.05) is 18.0 Å². The number of piperidine rings is 1. The highest BCUT2D eigenvalue weighted by atomic mass is 35.5. The first kappa shape index (κ1) is 18.5. The SMILES string of the molecule is Clc1ccc2nc(CSc3nnc(N4CCCCC4)n3-c3ccccc3)cn2c1. The number of nitrogens with zero attached hydrogens (tertiary/aromatic N) is 6. The molecular weight excluding hydrogens is 404 g/mol. The van der Waals surface area contributed by atoms with Gasteiger partial charge in [-0.25, -0.2) is 4.98 Å². The highest BCUT2D eigenvalue weighted by Gasteiger charge is 2.21. The third-order valence-corrected chi connectivity index (χ3v) is 6.27. The van der Waals surface area contributed by atoms with Crippen LogP contribution in [0.25, 0.3) is 11.3 Å². The fourth-order valence-electron chi connectivity index (χ4n) is 3.68. The third-order valence-electron chi connectivity index (χ3n) is 5.08. The van der Waals surface area contributed by atoms with Gasteiger partial charge in [0.15, 0.2) is 5.16 Å². The molecule has 3 aromatic heterocycles. The Morgan fingerprint density at radius 3 is 2.59 bits per heavy atom. The van der Waals surface area contributed by atoms with Crippen LogP contribution in [0.5, 0.6) is 0 Å². The van der Waals surface area contributed by atoms with Gasteiger partial charge in [0.2, 0.25) is 5.95 Å². The molecule has 1 fully saturated rings. The molecule has 0 aliphatic carbocycles. The predicted molar refractivity (Wildman–Crippen MR) is 117 cm³/mol. The Hall–Kier alpha value is -2.51. The van der Waals surface area contributed by atoms with Crippen molar-refractivity contribution in [1.82, 2.24) is 24.1 Å². The summed E-state index contributed by atoms with van der Waals surface area (Å²) in [5.41, 5.74) is 2.96. The van der Waals surface area contributed by atoms with Crippen LogP contribution in [0, 0.1) is 0 Å². The van der Waals surface area contributed by atoms with Gasteiger partial charge in [-0.2, -0.15) is 0 Å². The molecule has 8 heteroatoms. The number of imidazole rings is 1. The highest BCUT2D eigenvalue weighted by molar-refractivity contribution is 7.98. The largest absolute Gasteiger partial charge is 0.341 e. The van der Waals surface area contributed by atoms with Crippen molar-refractivity contribution in [2.45, 2.75) is 30.2 Å². The number of pyridine rings is 1. The molecule has 1 saturated heterocycles. The van der Waals surface area contributed by atoms with E-state index in [0.717, 1.165) is 41.2 Å². The summed E-state index contributed by atoms with van der Waals surface area (Å²) in [4.78, 5) is 7.03. The number of para-hydroxylation sites is 1. The smallest absolute Gasteiger partial charge is 0.232 e. The molecule has 29 heavy (non-hydrogen) atoms. The zero-order valence-electron chi connectivity index (χ0n) is 15.9. The maximum absolute atomic E-state index is 6.09. The van der Waals surface area contributed by atoms with Gasteiger partial charge in [0, 0.05) is 31.2 Å². The number of hydrogen-bond donors (Lipinski definition) is 0. The Balaban J connectivity index is 1.45. The van der Waals surface area contributed by atoms with E-state index in [1.165, 1.54) is 19.3 Å². The van der Waals surface area contributed by atoms with Crippen molar-refractivity contribution >= 4 is 35.0 Å². The number of rotatable bonds is 5. The van der Waals surface area contributed by atoms with Gasteiger partial charge < -0.3 is 9.30 Å². The minimum Gasteiger partial charge on any atom is -0.341 e. The first-order chi connectivity index (χ1) is 14.3. The molecule has 0 atom stereocenters. The van der Waals surface area contributed by atoms with Gasteiger partial charge in [0.1, 0.15) is 5.65 Å². The van der Waals surface area contributed by atoms with E-state index >= 15 is 0 Å². The molecule has 0 radical (unpaired) electrons. The molecule has 4 aromatic rings. The summed E-state index contributed by atoms with van der Waals surface area (Å²) in [6.45, 7) is 2.06. The second-order valence-electron chi connectivity index (χ2n) is 7.13. The normalized spacial score (nSPS) is 14.6. The van der Waals surface area contributed by atoms with Crippen LogP contribution in [0.15, 0.2) is 60.0 Å². The Morgan fingerprint density at radius 1 is 0.931 bits per heavy atom. The second kappa shape index (κ2) is 8.08. The Morgan fingerprint density at radius 2 is 1.76 bits per heavy atom. The summed E-state index contributed by atoms with van der Waals surface area (Å²) in [5, 5.41) is 10.7. The zero-order chi connectivity index (χ0) is 19.6. The molecule has 148 valence electrons. The van der Waals surface area contributed by atoms with E-state index in [1.54, 1.807) is 11.8 Å². The van der Waals surface area contributed by atoms with Gasteiger partial charge in [0.25, 0.3) is 0 Å². The van der Waals surface area contributed by atoms with E-state index in [2.05, 4.69) is 48.9 Å². The number of thioether (sulfide) groups is 1. The molecule has 6 nitrogen and oxygen atoms in total. The Bertz CT molecular complexity index is 1120. The quantitative estimate of drug-likeness (QED) is 0.428. The average molecular weight is 425 g/mol. The van der Waals surface area contributed by atoms with Crippen molar-refractivity contribution in [3.8, 4) is 5.69 Å². The lowest BCUT2D eigenvalue weighted by molar-refractivity contribution is 0.564. The van der Waals surface area contributed by atoms with E-state index < -0.39 is 0 Å². The van der Waals surface area contributed by atoms with Crippen LogP contribution in [0.4, 0.5) is 5.95 Å². The van der Waals surface area contributed by atoms with Gasteiger partial charge in [-0.1, -0.05) is 41.6 Å². The third kappa shape index (κ3) is 3.84. The van der Waals surface area contributed by atoms with Crippen LogP contribution >= 0.6 is 23.4 Å². The van der Waals surface area contributed by atoms with Crippen LogP contribution < -0.4 is 4.90 Å². The first-order valence-electron chi connectivity index (χ1n) is 9.80. The summed E-state index contributed by atoms with van der Waals surface area (Å²) in [6.07, 6.45) is 7.58. The van der Waals surface area contributed by atoms with E-state index in [0.29, 0.717) is 10.8 Å². The molecule has 0 unspecified atom stereocenters. The fourth-order valence-corrected chi connectivity index (χ4v) is 4.68. The Labute approximate surface area is 178 Å². The number of benzene rings is 1. The van der Waals surface area contributed by atoms with Gasteiger partial charge in [0.05, 0.1) is 16.4 Å². The maximum Gasteiger partial charge on any atom is 0.232 e. The van der Waals surface area contributed by atoms with E-state index in [-0.39, 0.29) is 0 Å². The second-order valence-corrected chi connectivity index (χ2v) is 8.51. The minimum atomic E-state index is 0.698. The lowest BCUT2D eigenvalue weighted by Gasteiger charge is -2.27. The summed E-state index contributed by atoms with van der Waals surface area (Å²) in [5.74, 6) is 1.64. The number of anilines is 1. The molecule has 0 saturated carbocycles. The maximum atomic E-state index is 6.09. The van der Waals surface area contributed by atoms with Gasteiger partial charge in [-0.3, -0.25) is 4.57 Å². The molecule has 0 N–H and O–H groups in total. The highest BCUT2D eigenvalue weighted by Crippen LogP contribution is 2.30. The molecule has 0 spiro atoms. The molecule has 1 aliphatic rings. The molecule has 0 amide bonds. The van der Waals surface area contributed by atoms with Crippen molar-refractivity contribution in [3.63, 3.8) is 0 Å². The summed E-state index contributed by atoms with van der Waals surface area (Å²) in [6, 6.07) is 14.1. The summed E-state index contributed by atoms with van der Waals surface area (Å²) < 4.78 is 4.13. The van der Waals surface area contributed by atoms with E-state index in [4.69, 9.17) is 11.6 Å². The minimum absolute atomic E-state index is 0.698. The summed E-state index contributed by atoms with van der Waals surface area (Å²) in [7, 11) is 0. The summed E-state index contributed by atoms with van der Waals surface area (Å²) >= 11 is 7.74. The van der Waals surface area contributed by atoms with Crippen molar-refractivity contribution in [1.29, 1.82) is 0 Å². The number of hydrogen-bond acceptors (Lipinski definition) is 5. The zero-order valence-corrected chi connectivity index (χ0v) is 17.5. The van der Waals surface area contributed by atoms with E-state index in [9.17, 15) is 0 Å². The average Bonchev–Trinajstić information content (AvgIpc) is 3.37. The molecule has 5 rings (SSSR count). The number of halogens is 1. The fraction of sp³-hybridized carbons (Fsp3) is 0.286. The molecule has 4 heterocycles. The topological polar surface area (TPSA) is 51.2 Å². The molecule has 1 aliphatic heterocycles. The lowest BCUT2D eigenvalue weighted by atomic mass is 10.1. The Kier molecular flexibility index (Phi) is 5.16. The van der Waals surface area contributed by atoms with Crippen molar-refractivity contribution in [3.05, 3.63) is 65.6 Å². The number of fused-ring (bicyclic) bond motifs is 1. The van der Waals surface area contributed by atoms with Crippen molar-refractivity contribution < 1.29 is 0 Å². The van der Waals surface area contributed by atoms with Crippen LogP contribution in [-0.2, 0) is 5.75 Å². The molecule has 0 bridgehead atoms. The monoisotopic (exact) mass is 424 g/mol. The predicted octanol–water partition coefficient (Wildman–Crippen LogP) is 4.85. The van der Waals surface area contributed by atoms with Crippen LogP contribution in [0.2, 0.25) is 5.02 Å². The van der Waals surface area contributed by atoms with Crippen LogP contribution in [0.1, 0.15) is 25.0 Å². The van der Waals surface area contributed by atoms with E-state index in [1.807, 2.05) is 35.0 Å². The van der Waals surface area contributed by atoms with Gasteiger partial charge in [-0.15, -0.1) is 10.2 Å². The van der Waals surface area contributed by atoms with Crippen LogP contribution in [0.3, 0.4) is 0 Å². The number of aromatic nitrogens is 5. The van der Waals surface area contributed by atoms with Crippen LogP contribution in [-0.4, -0.2) is 37.2 Å². The van der Waals surface area contributed by atoms with Crippen molar-refractivity contribution in [2.24, 2.45) is 0 Å². The molecular formula is C21H21ClN6S.